The molecule has 16 heavy (non-hydrogen) atoms. The number of nitrogens with zero attached hydrogens (tertiary/aromatic N) is 2. The van der Waals surface area contributed by atoms with E-state index in [0.717, 1.165) is 13.1 Å². The van der Waals surface area contributed by atoms with Crippen molar-refractivity contribution in [3.8, 4) is 0 Å². The van der Waals surface area contributed by atoms with Crippen molar-refractivity contribution in [3.63, 3.8) is 0 Å². The molecule has 7 heteroatoms. The van der Waals surface area contributed by atoms with Gasteiger partial charge in [0.15, 0.2) is 0 Å². The third-order valence-corrected chi connectivity index (χ3v) is 4.64. The van der Waals surface area contributed by atoms with E-state index in [1.807, 2.05) is 0 Å². The zero-order chi connectivity index (χ0) is 11.6. The molecule has 1 saturated heterocycles. The third-order valence-electron chi connectivity index (χ3n) is 2.79. The zero-order valence-electron chi connectivity index (χ0n) is 9.18. The molecule has 1 aromatic heterocycles. The van der Waals surface area contributed by atoms with Gasteiger partial charge in [-0.25, -0.2) is 8.42 Å². The first-order valence-corrected chi connectivity index (χ1v) is 6.84. The number of aromatic nitrogens is 2. The first kappa shape index (κ1) is 11.4. The number of piperidine rings is 1. The van der Waals surface area contributed by atoms with Gasteiger partial charge in [0, 0.05) is 13.1 Å². The summed E-state index contributed by atoms with van der Waals surface area (Å²) in [6.45, 7) is 1.52. The minimum atomic E-state index is -3.28. The molecule has 2 N–H and O–H groups in total. The Morgan fingerprint density at radius 2 is 2.19 bits per heavy atom. The van der Waals surface area contributed by atoms with E-state index in [4.69, 9.17) is 0 Å². The van der Waals surface area contributed by atoms with Crippen molar-refractivity contribution >= 4 is 15.8 Å². The molecular formula is C9H16N4O2S. The Labute approximate surface area is 95.1 Å². The quantitative estimate of drug-likeness (QED) is 0.779. The number of hydrogen-bond acceptors (Lipinski definition) is 4. The molecule has 1 aliphatic heterocycles. The number of nitrogens with one attached hydrogen (secondary N) is 2. The van der Waals surface area contributed by atoms with Crippen LogP contribution in [0.1, 0.15) is 12.8 Å². The van der Waals surface area contributed by atoms with Crippen molar-refractivity contribution in [3.05, 3.63) is 12.3 Å². The van der Waals surface area contributed by atoms with E-state index in [2.05, 4.69) is 15.1 Å². The van der Waals surface area contributed by atoms with E-state index >= 15 is 0 Å². The lowest BCUT2D eigenvalue weighted by Crippen LogP contribution is -2.38. The van der Waals surface area contributed by atoms with Crippen LogP contribution in [-0.4, -0.2) is 36.5 Å². The maximum Gasteiger partial charge on any atom is 0.236 e. The maximum atomic E-state index is 12.0. The van der Waals surface area contributed by atoms with Crippen LogP contribution in [0.25, 0.3) is 0 Å². The normalized spacial score (nSPS) is 18.6. The van der Waals surface area contributed by atoms with Crippen LogP contribution in [0.4, 0.5) is 5.82 Å². The fraction of sp³-hybridized carbons (Fsp3) is 0.667. The van der Waals surface area contributed by atoms with Crippen LogP contribution in [0.2, 0.25) is 0 Å². The smallest absolute Gasteiger partial charge is 0.236 e. The Bertz CT molecular complexity index is 448. The van der Waals surface area contributed by atoms with Crippen LogP contribution in [0.15, 0.2) is 12.3 Å². The lowest BCUT2D eigenvalue weighted by Gasteiger charge is -2.23. The van der Waals surface area contributed by atoms with Crippen molar-refractivity contribution in [2.24, 2.45) is 7.05 Å². The second-order valence-corrected chi connectivity index (χ2v) is 5.90. The summed E-state index contributed by atoms with van der Waals surface area (Å²) in [5.74, 6) is 0.513. The van der Waals surface area contributed by atoms with Crippen LogP contribution >= 0.6 is 0 Å². The molecule has 90 valence electrons. The predicted octanol–water partition coefficient (Wildman–Crippen LogP) is -0.0862. The van der Waals surface area contributed by atoms with Gasteiger partial charge in [-0.1, -0.05) is 0 Å². The third kappa shape index (κ3) is 2.35. The van der Waals surface area contributed by atoms with Crippen LogP contribution in [-0.2, 0) is 17.1 Å². The molecule has 6 nitrogen and oxygen atoms in total. The number of rotatable bonds is 3. The van der Waals surface area contributed by atoms with Gasteiger partial charge < -0.3 is 5.32 Å². The van der Waals surface area contributed by atoms with Gasteiger partial charge in [-0.2, -0.15) is 5.10 Å². The summed E-state index contributed by atoms with van der Waals surface area (Å²) in [7, 11) is -1.57. The summed E-state index contributed by atoms with van der Waals surface area (Å²) < 4.78 is 28.1. The van der Waals surface area contributed by atoms with Crippen LogP contribution < -0.4 is 10.0 Å². The lowest BCUT2D eigenvalue weighted by atomic mass is 10.2. The van der Waals surface area contributed by atoms with Crippen molar-refractivity contribution in [1.82, 2.24) is 15.1 Å². The average molecular weight is 244 g/mol. The van der Waals surface area contributed by atoms with E-state index in [-0.39, 0.29) is 5.25 Å². The topological polar surface area (TPSA) is 76.0 Å². The molecule has 0 saturated carbocycles. The molecule has 2 rings (SSSR count). The van der Waals surface area contributed by atoms with Gasteiger partial charge in [-0.3, -0.25) is 9.40 Å². The van der Waals surface area contributed by atoms with E-state index in [0.29, 0.717) is 18.7 Å². The molecule has 0 aliphatic carbocycles. The molecule has 0 bridgehead atoms. The van der Waals surface area contributed by atoms with Gasteiger partial charge in [0.05, 0.1) is 11.4 Å². The standard InChI is InChI=1S/C9H16N4O2S/c1-13-9(4-7-11-13)12-16(14,15)8-2-5-10-6-3-8/h4,7-8,10,12H,2-3,5-6H2,1H3. The van der Waals surface area contributed by atoms with Crippen molar-refractivity contribution < 1.29 is 8.42 Å². The summed E-state index contributed by atoms with van der Waals surface area (Å²) in [4.78, 5) is 0. The Morgan fingerprint density at radius 3 is 2.75 bits per heavy atom. The number of hydrogen-bond donors (Lipinski definition) is 2. The van der Waals surface area contributed by atoms with Crippen molar-refractivity contribution in [1.29, 1.82) is 0 Å². The van der Waals surface area contributed by atoms with Gasteiger partial charge in [-0.15, -0.1) is 0 Å². The average Bonchev–Trinajstić information content (AvgIpc) is 2.65. The Balaban J connectivity index is 2.10. The molecule has 1 fully saturated rings. The summed E-state index contributed by atoms with van der Waals surface area (Å²) in [5, 5.41) is 6.77. The van der Waals surface area contributed by atoms with Crippen molar-refractivity contribution in [2.45, 2.75) is 18.1 Å². The largest absolute Gasteiger partial charge is 0.317 e. The van der Waals surface area contributed by atoms with Crippen LogP contribution in [0, 0.1) is 0 Å². The Morgan fingerprint density at radius 1 is 1.50 bits per heavy atom. The molecule has 0 spiro atoms. The van der Waals surface area contributed by atoms with Crippen LogP contribution in [0.5, 0.6) is 0 Å². The maximum absolute atomic E-state index is 12.0. The Kier molecular flexibility index (Phi) is 3.15. The van der Waals surface area contributed by atoms with E-state index in [9.17, 15) is 8.42 Å². The van der Waals surface area contributed by atoms with Crippen LogP contribution in [0.3, 0.4) is 0 Å². The fourth-order valence-corrected chi connectivity index (χ4v) is 3.32. The molecule has 1 aromatic rings. The number of sulfonamides is 1. The van der Waals surface area contributed by atoms with E-state index in [1.165, 1.54) is 4.68 Å². The highest BCUT2D eigenvalue weighted by Gasteiger charge is 2.27. The highest BCUT2D eigenvalue weighted by atomic mass is 32.2. The van der Waals surface area contributed by atoms with Gasteiger partial charge >= 0.3 is 0 Å². The van der Waals surface area contributed by atoms with Gasteiger partial charge in [0.25, 0.3) is 0 Å². The molecule has 0 unspecified atom stereocenters. The molecule has 0 amide bonds. The second-order valence-electron chi connectivity index (χ2n) is 3.94. The van der Waals surface area contributed by atoms with E-state index in [1.54, 1.807) is 19.3 Å². The number of anilines is 1. The van der Waals surface area contributed by atoms with Gasteiger partial charge in [0.2, 0.25) is 10.0 Å². The summed E-state index contributed by atoms with van der Waals surface area (Å²) in [6.07, 6.45) is 2.89. The fourth-order valence-electron chi connectivity index (χ4n) is 1.81. The van der Waals surface area contributed by atoms with Crippen molar-refractivity contribution in [2.75, 3.05) is 17.8 Å². The monoisotopic (exact) mass is 244 g/mol. The molecule has 0 aromatic carbocycles. The highest BCUT2D eigenvalue weighted by molar-refractivity contribution is 7.93. The van der Waals surface area contributed by atoms with E-state index < -0.39 is 10.0 Å². The molecular weight excluding hydrogens is 228 g/mol. The number of aryl methyl sites for hydroxylation is 1. The molecule has 0 atom stereocenters. The van der Waals surface area contributed by atoms with Gasteiger partial charge in [0.1, 0.15) is 5.82 Å². The zero-order valence-corrected chi connectivity index (χ0v) is 10.00. The van der Waals surface area contributed by atoms with Gasteiger partial charge in [-0.05, 0) is 25.9 Å². The summed E-state index contributed by atoms with van der Waals surface area (Å²) >= 11 is 0. The first-order chi connectivity index (χ1) is 7.59. The Hall–Kier alpha value is -1.08. The minimum Gasteiger partial charge on any atom is -0.317 e. The molecule has 0 radical (unpaired) electrons. The molecule has 2 heterocycles. The summed E-state index contributed by atoms with van der Waals surface area (Å²) in [5.41, 5.74) is 0. The highest BCUT2D eigenvalue weighted by Crippen LogP contribution is 2.16. The molecule has 1 aliphatic rings. The summed E-state index contributed by atoms with van der Waals surface area (Å²) in [6, 6.07) is 1.65. The predicted molar refractivity (Wildman–Crippen MR) is 61.6 cm³/mol. The lowest BCUT2D eigenvalue weighted by molar-refractivity contribution is 0.498. The first-order valence-electron chi connectivity index (χ1n) is 5.30. The minimum absolute atomic E-state index is 0.302. The SMILES string of the molecule is Cn1nccc1NS(=O)(=O)C1CCNCC1. The second kappa shape index (κ2) is 4.42.